The zero-order chi connectivity index (χ0) is 29.5. The topological polar surface area (TPSA) is 64.4 Å². The molecule has 5 aromatic rings. The summed E-state index contributed by atoms with van der Waals surface area (Å²) < 4.78 is 21.4. The van der Waals surface area contributed by atoms with Gasteiger partial charge in [0, 0.05) is 6.54 Å². The van der Waals surface area contributed by atoms with Crippen molar-refractivity contribution in [2.75, 3.05) is 13.2 Å². The Bertz CT molecular complexity index is 1730. The molecule has 214 valence electrons. The van der Waals surface area contributed by atoms with Crippen molar-refractivity contribution in [1.29, 1.82) is 0 Å². The van der Waals surface area contributed by atoms with Crippen molar-refractivity contribution in [2.45, 2.75) is 32.4 Å². The van der Waals surface area contributed by atoms with Crippen LogP contribution in [-0.2, 0) is 22.6 Å². The number of rotatable bonds is 11. The van der Waals surface area contributed by atoms with E-state index in [-0.39, 0.29) is 23.1 Å². The lowest BCUT2D eigenvalue weighted by atomic mass is 10.1. The Morgan fingerprint density at radius 3 is 2.31 bits per heavy atom. The second-order valence-electron chi connectivity index (χ2n) is 9.95. The minimum absolute atomic E-state index is 0.113. The van der Waals surface area contributed by atoms with Gasteiger partial charge in [0.05, 0.1) is 34.3 Å². The maximum absolute atomic E-state index is 14.1. The summed E-state index contributed by atoms with van der Waals surface area (Å²) in [5, 5.41) is 0.294. The highest BCUT2D eigenvalue weighted by atomic mass is 35.5. The van der Waals surface area contributed by atoms with E-state index in [1.807, 2.05) is 73.7 Å². The number of aromatic nitrogens is 2. The third-order valence-corrected chi connectivity index (χ3v) is 7.46. The first-order valence-electron chi connectivity index (χ1n) is 13.9. The molecule has 1 aromatic heterocycles. The zero-order valence-corrected chi connectivity index (χ0v) is 24.0. The van der Waals surface area contributed by atoms with Gasteiger partial charge in [0.25, 0.3) is 5.56 Å². The number of nitrogens with zero attached hydrogens (tertiary/aromatic N) is 3. The van der Waals surface area contributed by atoms with Crippen LogP contribution in [0.25, 0.3) is 16.6 Å². The van der Waals surface area contributed by atoms with Crippen LogP contribution in [0.15, 0.2) is 108 Å². The van der Waals surface area contributed by atoms with Gasteiger partial charge in [0.2, 0.25) is 5.91 Å². The van der Waals surface area contributed by atoms with Crippen molar-refractivity contribution in [3.05, 3.63) is 141 Å². The van der Waals surface area contributed by atoms with Crippen LogP contribution < -0.4 is 5.56 Å². The Kier molecular flexibility index (Phi) is 9.41. The summed E-state index contributed by atoms with van der Waals surface area (Å²) in [6.07, 6.45) is 1.07. The Morgan fingerprint density at radius 1 is 0.952 bits per heavy atom. The number of para-hydroxylation sites is 1. The summed E-state index contributed by atoms with van der Waals surface area (Å²) in [7, 11) is 0. The van der Waals surface area contributed by atoms with Gasteiger partial charge in [-0.1, -0.05) is 91.3 Å². The third kappa shape index (κ3) is 6.59. The smallest absolute Gasteiger partial charge is 0.266 e. The number of carbonyl (C=O) groups excluding carboxylic acids is 1. The molecule has 0 aliphatic heterocycles. The lowest BCUT2D eigenvalue weighted by Crippen LogP contribution is -2.41. The van der Waals surface area contributed by atoms with E-state index < -0.39 is 11.9 Å². The maximum Gasteiger partial charge on any atom is 0.266 e. The molecule has 1 atom stereocenters. The van der Waals surface area contributed by atoms with Crippen LogP contribution in [0, 0.1) is 5.82 Å². The molecule has 1 unspecified atom stereocenters. The van der Waals surface area contributed by atoms with Gasteiger partial charge in [0.1, 0.15) is 18.2 Å². The fraction of sp³-hybridized carbons (Fsp3) is 0.206. The van der Waals surface area contributed by atoms with Crippen LogP contribution >= 0.6 is 11.6 Å². The molecule has 0 spiro atoms. The molecule has 42 heavy (non-hydrogen) atoms. The lowest BCUT2D eigenvalue weighted by Gasteiger charge is -2.32. The second kappa shape index (κ2) is 13.6. The highest BCUT2D eigenvalue weighted by Gasteiger charge is 2.29. The van der Waals surface area contributed by atoms with E-state index in [0.717, 1.165) is 11.1 Å². The number of fused-ring (bicyclic) bond motifs is 1. The van der Waals surface area contributed by atoms with E-state index in [0.29, 0.717) is 48.4 Å². The fourth-order valence-electron chi connectivity index (χ4n) is 5.05. The van der Waals surface area contributed by atoms with Gasteiger partial charge < -0.3 is 9.64 Å². The lowest BCUT2D eigenvalue weighted by molar-refractivity contribution is -0.139. The van der Waals surface area contributed by atoms with Crippen molar-refractivity contribution in [3.63, 3.8) is 0 Å². The van der Waals surface area contributed by atoms with Crippen molar-refractivity contribution in [2.24, 2.45) is 0 Å². The minimum atomic E-state index is -0.592. The summed E-state index contributed by atoms with van der Waals surface area (Å²) >= 11 is 6.15. The van der Waals surface area contributed by atoms with Crippen LogP contribution in [-0.4, -0.2) is 33.5 Å². The molecule has 0 aliphatic carbocycles. The first kappa shape index (κ1) is 29.2. The number of carbonyl (C=O) groups is 1. The van der Waals surface area contributed by atoms with E-state index >= 15 is 0 Å². The largest absolute Gasteiger partial charge is 0.367 e. The predicted molar refractivity (Wildman–Crippen MR) is 163 cm³/mol. The summed E-state index contributed by atoms with van der Waals surface area (Å²) in [5.41, 5.74) is 2.59. The molecule has 0 N–H and O–H groups in total. The number of hydrogen-bond donors (Lipinski definition) is 0. The Labute approximate surface area is 249 Å². The third-order valence-electron chi connectivity index (χ3n) is 7.17. The van der Waals surface area contributed by atoms with Gasteiger partial charge in [-0.15, -0.1) is 0 Å². The van der Waals surface area contributed by atoms with Crippen LogP contribution in [0.3, 0.4) is 0 Å². The molecule has 0 bridgehead atoms. The van der Waals surface area contributed by atoms with Crippen LogP contribution in [0.5, 0.6) is 0 Å². The first-order chi connectivity index (χ1) is 20.5. The van der Waals surface area contributed by atoms with Crippen molar-refractivity contribution in [3.8, 4) is 5.69 Å². The second-order valence-corrected chi connectivity index (χ2v) is 10.4. The molecule has 0 saturated heterocycles. The average Bonchev–Trinajstić information content (AvgIpc) is 3.01. The Balaban J connectivity index is 1.56. The van der Waals surface area contributed by atoms with Gasteiger partial charge in [-0.25, -0.2) is 9.37 Å². The monoisotopic (exact) mass is 583 g/mol. The normalized spacial score (nSPS) is 11.9. The van der Waals surface area contributed by atoms with Crippen LogP contribution in [0.4, 0.5) is 4.39 Å². The van der Waals surface area contributed by atoms with Gasteiger partial charge in [-0.2, -0.15) is 0 Å². The first-order valence-corrected chi connectivity index (χ1v) is 14.3. The summed E-state index contributed by atoms with van der Waals surface area (Å²) in [6, 6.07) is 30.2. The highest BCUT2D eigenvalue weighted by Crippen LogP contribution is 2.28. The molecule has 0 fully saturated rings. The molecular weight excluding hydrogens is 553 g/mol. The Hall–Kier alpha value is -4.33. The zero-order valence-electron chi connectivity index (χ0n) is 23.3. The van der Waals surface area contributed by atoms with E-state index in [2.05, 4.69) is 0 Å². The molecule has 4 aromatic carbocycles. The maximum atomic E-state index is 14.1. The Morgan fingerprint density at radius 2 is 1.62 bits per heavy atom. The summed E-state index contributed by atoms with van der Waals surface area (Å²) in [4.78, 5) is 34.4. The van der Waals surface area contributed by atoms with E-state index in [9.17, 15) is 14.0 Å². The van der Waals surface area contributed by atoms with Crippen molar-refractivity contribution in [1.82, 2.24) is 14.5 Å². The van der Waals surface area contributed by atoms with E-state index in [1.54, 1.807) is 23.1 Å². The fourth-order valence-corrected chi connectivity index (χ4v) is 5.23. The van der Waals surface area contributed by atoms with Gasteiger partial charge in [0.15, 0.2) is 0 Å². The van der Waals surface area contributed by atoms with Crippen molar-refractivity contribution >= 4 is 28.4 Å². The molecule has 0 aliphatic rings. The average molecular weight is 584 g/mol. The number of hydrogen-bond acceptors (Lipinski definition) is 4. The van der Waals surface area contributed by atoms with Gasteiger partial charge in [-0.05, 0) is 54.3 Å². The molecule has 6 nitrogen and oxygen atoms in total. The molecule has 1 heterocycles. The van der Waals surface area contributed by atoms with Gasteiger partial charge in [-0.3, -0.25) is 14.2 Å². The molecule has 1 amide bonds. The molecule has 5 rings (SSSR count). The van der Waals surface area contributed by atoms with Crippen LogP contribution in [0.2, 0.25) is 5.02 Å². The predicted octanol–water partition coefficient (Wildman–Crippen LogP) is 6.92. The molecule has 0 saturated carbocycles. The van der Waals surface area contributed by atoms with E-state index in [4.69, 9.17) is 21.3 Å². The number of amides is 1. The number of halogens is 2. The highest BCUT2D eigenvalue weighted by molar-refractivity contribution is 6.30. The molecule has 0 radical (unpaired) electrons. The minimum Gasteiger partial charge on any atom is -0.367 e. The van der Waals surface area contributed by atoms with Crippen LogP contribution in [0.1, 0.15) is 36.3 Å². The quantitative estimate of drug-likeness (QED) is 0.169. The standard InChI is InChI=1S/C34H31ClFN3O3/c1-2-31(33-37-30-16-10-9-15-27(30)34(41)39(33)26-17-18-29(36)28(35)21-26)38(20-19-24-11-5-3-6-12-24)32(40)23-42-22-25-13-7-4-8-14-25/h3-18,21,31H,2,19-20,22-23H2,1H3. The van der Waals surface area contributed by atoms with Gasteiger partial charge >= 0.3 is 0 Å². The van der Waals surface area contributed by atoms with Crippen molar-refractivity contribution < 1.29 is 13.9 Å². The SMILES string of the molecule is CCC(c1nc2ccccc2c(=O)n1-c1ccc(F)c(Cl)c1)N(CCc1ccccc1)C(=O)COCc1ccccc1. The number of ether oxygens (including phenoxy) is 1. The summed E-state index contributed by atoms with van der Waals surface area (Å²) in [5.74, 6) is -0.445. The molecule has 8 heteroatoms. The molecular formula is C34H31ClFN3O3. The number of benzene rings is 4. The summed E-state index contributed by atoms with van der Waals surface area (Å²) in [6.45, 7) is 2.48. The van der Waals surface area contributed by atoms with E-state index in [1.165, 1.54) is 22.8 Å².